The summed E-state index contributed by atoms with van der Waals surface area (Å²) in [5.74, 6) is -0.00464. The van der Waals surface area contributed by atoms with E-state index in [2.05, 4.69) is 9.97 Å². The Morgan fingerprint density at radius 2 is 1.88 bits per heavy atom. The lowest BCUT2D eigenvalue weighted by Gasteiger charge is -2.26. The lowest BCUT2D eigenvalue weighted by atomic mass is 9.96. The fourth-order valence-electron chi connectivity index (χ4n) is 2.62. The van der Waals surface area contributed by atoms with Gasteiger partial charge in [-0.15, -0.1) is 0 Å². The Bertz CT molecular complexity index is 734. The van der Waals surface area contributed by atoms with E-state index in [0.717, 1.165) is 18.2 Å². The fourth-order valence-corrected chi connectivity index (χ4v) is 2.62. The quantitative estimate of drug-likeness (QED) is 0.642. The minimum absolute atomic E-state index is 0.0530. The number of benzene rings is 1. The summed E-state index contributed by atoms with van der Waals surface area (Å²) < 4.78 is 45.8. The van der Waals surface area contributed by atoms with Gasteiger partial charge >= 0.3 is 12.2 Å². The average Bonchev–Trinajstić information content (AvgIpc) is 2.64. The van der Waals surface area contributed by atoms with Crippen molar-refractivity contribution in [3.8, 4) is 6.01 Å². The van der Waals surface area contributed by atoms with Gasteiger partial charge < -0.3 is 9.64 Å². The Balaban J connectivity index is 2.55. The first-order valence-electron chi connectivity index (χ1n) is 8.69. The molecule has 1 aromatic carbocycles. The van der Waals surface area contributed by atoms with Gasteiger partial charge in [0.15, 0.2) is 5.82 Å². The Morgan fingerprint density at radius 1 is 1.19 bits per heavy atom. The molecule has 0 radical (unpaired) electrons. The van der Waals surface area contributed by atoms with Gasteiger partial charge in [-0.1, -0.05) is 39.0 Å². The van der Waals surface area contributed by atoms with Crippen molar-refractivity contribution in [1.82, 2.24) is 9.97 Å². The highest BCUT2D eigenvalue weighted by molar-refractivity contribution is 5.66. The van der Waals surface area contributed by atoms with Gasteiger partial charge in [0, 0.05) is 18.9 Å². The number of para-hydroxylation sites is 1. The Labute approximate surface area is 152 Å². The molecule has 0 spiro atoms. The second kappa shape index (κ2) is 8.38. The third-order valence-corrected chi connectivity index (χ3v) is 4.25. The molecule has 0 saturated carbocycles. The van der Waals surface area contributed by atoms with Crippen molar-refractivity contribution in [1.29, 1.82) is 0 Å². The molecule has 0 bridgehead atoms. The van der Waals surface area contributed by atoms with Crippen LogP contribution in [0.5, 0.6) is 6.01 Å². The fraction of sp³-hybridized carbons (Fsp3) is 0.474. The zero-order chi connectivity index (χ0) is 19.3. The number of ether oxygens (including phenoxy) is 1. The second-order valence-electron chi connectivity index (χ2n) is 6.16. The van der Waals surface area contributed by atoms with Crippen LogP contribution in [-0.2, 0) is 6.18 Å². The van der Waals surface area contributed by atoms with Gasteiger partial charge in [0.1, 0.15) is 5.56 Å². The van der Waals surface area contributed by atoms with Gasteiger partial charge in [0.05, 0.1) is 6.61 Å². The van der Waals surface area contributed by atoms with Gasteiger partial charge in [0.25, 0.3) is 0 Å². The standard InChI is InChI=1S/C19H24F3N3O/c1-5-11-26-18-23-12-15(19(20,21)22)17(24-18)25(4)16-10-8-7-9-14(16)13(3)6-2/h7-10,12-13H,5-6,11H2,1-4H3. The smallest absolute Gasteiger partial charge is 0.421 e. The van der Waals surface area contributed by atoms with Gasteiger partial charge in [0.2, 0.25) is 0 Å². The number of hydrogen-bond acceptors (Lipinski definition) is 4. The number of hydrogen-bond donors (Lipinski definition) is 0. The zero-order valence-corrected chi connectivity index (χ0v) is 15.5. The van der Waals surface area contributed by atoms with Crippen LogP contribution in [0.3, 0.4) is 0 Å². The normalized spacial score (nSPS) is 12.7. The van der Waals surface area contributed by atoms with Crippen LogP contribution in [0.2, 0.25) is 0 Å². The molecule has 1 unspecified atom stereocenters. The lowest BCUT2D eigenvalue weighted by molar-refractivity contribution is -0.137. The number of alkyl halides is 3. The number of anilines is 2. The van der Waals surface area contributed by atoms with Crippen LogP contribution in [0.25, 0.3) is 0 Å². The van der Waals surface area contributed by atoms with Gasteiger partial charge in [-0.25, -0.2) is 4.98 Å². The van der Waals surface area contributed by atoms with Gasteiger partial charge in [-0.05, 0) is 30.4 Å². The molecule has 0 aliphatic rings. The summed E-state index contributed by atoms with van der Waals surface area (Å²) in [6.07, 6.45) is -2.17. The SMILES string of the molecule is CCCOc1ncc(C(F)(F)F)c(N(C)c2ccccc2C(C)CC)n1. The molecule has 1 aromatic heterocycles. The molecule has 2 rings (SSSR count). The van der Waals surface area contributed by atoms with E-state index in [4.69, 9.17) is 4.74 Å². The summed E-state index contributed by atoms with van der Waals surface area (Å²) in [4.78, 5) is 9.23. The molecule has 4 nitrogen and oxygen atoms in total. The average molecular weight is 367 g/mol. The lowest BCUT2D eigenvalue weighted by Crippen LogP contribution is -2.20. The molecular formula is C19H24F3N3O. The largest absolute Gasteiger partial charge is 0.463 e. The summed E-state index contributed by atoms with van der Waals surface area (Å²) in [6, 6.07) is 7.38. The van der Waals surface area contributed by atoms with Crippen molar-refractivity contribution < 1.29 is 17.9 Å². The highest BCUT2D eigenvalue weighted by Gasteiger charge is 2.37. The third kappa shape index (κ3) is 4.45. The maximum Gasteiger partial charge on any atom is 0.421 e. The molecule has 2 aromatic rings. The number of halogens is 3. The van der Waals surface area contributed by atoms with Crippen molar-refractivity contribution in [3.63, 3.8) is 0 Å². The molecule has 0 amide bonds. The van der Waals surface area contributed by atoms with E-state index in [1.54, 1.807) is 19.2 Å². The van der Waals surface area contributed by atoms with E-state index >= 15 is 0 Å². The molecular weight excluding hydrogens is 343 g/mol. The molecule has 142 valence electrons. The maximum absolute atomic E-state index is 13.5. The maximum atomic E-state index is 13.5. The highest BCUT2D eigenvalue weighted by Crippen LogP contribution is 2.39. The van der Waals surface area contributed by atoms with E-state index < -0.39 is 11.7 Å². The summed E-state index contributed by atoms with van der Waals surface area (Å²) in [5.41, 5.74) is 0.774. The number of nitrogens with zero attached hydrogens (tertiary/aromatic N) is 3. The van der Waals surface area contributed by atoms with Crippen LogP contribution in [0.4, 0.5) is 24.7 Å². The topological polar surface area (TPSA) is 38.2 Å². The molecule has 26 heavy (non-hydrogen) atoms. The minimum Gasteiger partial charge on any atom is -0.463 e. The second-order valence-corrected chi connectivity index (χ2v) is 6.16. The Hall–Kier alpha value is -2.31. The van der Waals surface area contributed by atoms with E-state index in [1.807, 2.05) is 32.9 Å². The van der Waals surface area contributed by atoms with Crippen molar-refractivity contribution in [3.05, 3.63) is 41.6 Å². The molecule has 0 N–H and O–H groups in total. The first kappa shape index (κ1) is 20.0. The Kier molecular flexibility index (Phi) is 6.45. The molecule has 1 atom stereocenters. The summed E-state index contributed by atoms with van der Waals surface area (Å²) in [6.45, 7) is 6.34. The highest BCUT2D eigenvalue weighted by atomic mass is 19.4. The predicted octanol–water partition coefficient (Wildman–Crippen LogP) is 5.57. The van der Waals surface area contributed by atoms with Crippen LogP contribution < -0.4 is 9.64 Å². The summed E-state index contributed by atoms with van der Waals surface area (Å²) in [5, 5.41) is 0. The van der Waals surface area contributed by atoms with Crippen molar-refractivity contribution >= 4 is 11.5 Å². The van der Waals surface area contributed by atoms with Crippen LogP contribution in [0.1, 0.15) is 50.7 Å². The van der Waals surface area contributed by atoms with Crippen LogP contribution in [0.15, 0.2) is 30.5 Å². The van der Waals surface area contributed by atoms with Crippen LogP contribution in [0, 0.1) is 0 Å². The minimum atomic E-state index is -4.56. The Morgan fingerprint density at radius 3 is 2.50 bits per heavy atom. The summed E-state index contributed by atoms with van der Waals surface area (Å²) >= 11 is 0. The molecule has 1 heterocycles. The molecule has 0 aliphatic carbocycles. The molecule has 0 aliphatic heterocycles. The third-order valence-electron chi connectivity index (χ3n) is 4.25. The van der Waals surface area contributed by atoms with Crippen LogP contribution >= 0.6 is 0 Å². The first-order chi connectivity index (χ1) is 12.3. The molecule has 0 fully saturated rings. The number of aromatic nitrogens is 2. The van der Waals surface area contributed by atoms with E-state index in [9.17, 15) is 13.2 Å². The number of rotatable bonds is 7. The van der Waals surface area contributed by atoms with E-state index in [0.29, 0.717) is 18.7 Å². The van der Waals surface area contributed by atoms with Crippen molar-refractivity contribution in [2.24, 2.45) is 0 Å². The van der Waals surface area contributed by atoms with E-state index in [-0.39, 0.29) is 17.7 Å². The molecule has 7 heteroatoms. The predicted molar refractivity (Wildman–Crippen MR) is 96.0 cm³/mol. The van der Waals surface area contributed by atoms with E-state index in [1.165, 1.54) is 4.90 Å². The molecule has 0 saturated heterocycles. The van der Waals surface area contributed by atoms with Crippen molar-refractivity contribution in [2.75, 3.05) is 18.6 Å². The van der Waals surface area contributed by atoms with Crippen LogP contribution in [-0.4, -0.2) is 23.6 Å². The summed E-state index contributed by atoms with van der Waals surface area (Å²) in [7, 11) is 1.59. The zero-order valence-electron chi connectivity index (χ0n) is 15.5. The van der Waals surface area contributed by atoms with Crippen molar-refractivity contribution in [2.45, 2.75) is 45.7 Å². The van der Waals surface area contributed by atoms with Gasteiger partial charge in [-0.2, -0.15) is 18.2 Å². The monoisotopic (exact) mass is 367 g/mol. The van der Waals surface area contributed by atoms with Gasteiger partial charge in [-0.3, -0.25) is 0 Å². The first-order valence-corrected chi connectivity index (χ1v) is 8.69.